The zero-order valence-corrected chi connectivity index (χ0v) is 11.9. The number of hydrogen-bond donors (Lipinski definition) is 2. The number of carboxylic acids is 1. The minimum atomic E-state index is -1.47. The number of hydrogen-bond acceptors (Lipinski definition) is 4. The molecule has 16 heavy (non-hydrogen) atoms. The second-order valence-electron chi connectivity index (χ2n) is 2.98. The van der Waals surface area contributed by atoms with Gasteiger partial charge in [0.25, 0.3) is 0 Å². The molecule has 0 fully saturated rings. The third-order valence-electron chi connectivity index (χ3n) is 2.01. The van der Waals surface area contributed by atoms with E-state index in [-0.39, 0.29) is 0 Å². The highest BCUT2D eigenvalue weighted by Gasteiger charge is 2.18. The fourth-order valence-electron chi connectivity index (χ4n) is 1.24. The van der Waals surface area contributed by atoms with Crippen molar-refractivity contribution in [3.05, 3.63) is 22.2 Å². The van der Waals surface area contributed by atoms with E-state index in [1.54, 1.807) is 23.9 Å². The molecular formula is C10H11BrO3S2. The molecule has 1 atom stereocenters. The van der Waals surface area contributed by atoms with Crippen LogP contribution in [0.3, 0.4) is 0 Å². The average molecular weight is 323 g/mol. The van der Waals surface area contributed by atoms with Crippen molar-refractivity contribution in [2.45, 2.75) is 15.9 Å². The summed E-state index contributed by atoms with van der Waals surface area (Å²) in [5.41, 5.74) is 0.390. The van der Waals surface area contributed by atoms with Gasteiger partial charge in [-0.1, -0.05) is 0 Å². The summed E-state index contributed by atoms with van der Waals surface area (Å²) >= 11 is 6.48. The zero-order valence-electron chi connectivity index (χ0n) is 8.73. The Bertz CT molecular complexity index is 409. The molecule has 1 rings (SSSR count). The summed E-state index contributed by atoms with van der Waals surface area (Å²) in [5.74, 6) is -1.24. The molecule has 1 aromatic rings. The Hall–Kier alpha value is -0.170. The molecule has 0 aliphatic carbocycles. The lowest BCUT2D eigenvalue weighted by Gasteiger charge is -2.12. The molecule has 0 saturated heterocycles. The van der Waals surface area contributed by atoms with Gasteiger partial charge in [-0.15, -0.1) is 23.5 Å². The summed E-state index contributed by atoms with van der Waals surface area (Å²) in [6.07, 6.45) is 2.39. The molecule has 6 heteroatoms. The summed E-state index contributed by atoms with van der Waals surface area (Å²) in [4.78, 5) is 12.7. The van der Waals surface area contributed by atoms with Crippen molar-refractivity contribution in [1.82, 2.24) is 0 Å². The molecule has 0 bridgehead atoms. The SMILES string of the molecule is CSc1cc(C(O)C(=O)O)cc(Br)c1SC. The highest BCUT2D eigenvalue weighted by molar-refractivity contribution is 9.10. The maximum atomic E-state index is 10.7. The summed E-state index contributed by atoms with van der Waals surface area (Å²) in [6.45, 7) is 0. The third-order valence-corrected chi connectivity index (χ3v) is 4.63. The smallest absolute Gasteiger partial charge is 0.337 e. The predicted octanol–water partition coefficient (Wildman–Crippen LogP) is 3.01. The molecule has 1 aromatic carbocycles. The first-order valence-electron chi connectivity index (χ1n) is 4.33. The van der Waals surface area contributed by atoms with Crippen LogP contribution in [0.15, 0.2) is 26.4 Å². The number of carbonyl (C=O) groups is 1. The molecule has 0 aliphatic rings. The van der Waals surface area contributed by atoms with Crippen LogP contribution in [0, 0.1) is 0 Å². The quantitative estimate of drug-likeness (QED) is 0.834. The van der Waals surface area contributed by atoms with Crippen LogP contribution in [0.4, 0.5) is 0 Å². The predicted molar refractivity (Wildman–Crippen MR) is 70.3 cm³/mol. The van der Waals surface area contributed by atoms with Crippen LogP contribution in [0.25, 0.3) is 0 Å². The fraction of sp³-hybridized carbons (Fsp3) is 0.300. The molecule has 0 heterocycles. The van der Waals surface area contributed by atoms with E-state index in [0.29, 0.717) is 5.56 Å². The van der Waals surface area contributed by atoms with Gasteiger partial charge in [0.05, 0.1) is 0 Å². The van der Waals surface area contributed by atoms with Crippen molar-refractivity contribution < 1.29 is 15.0 Å². The van der Waals surface area contributed by atoms with Gasteiger partial charge in [-0.05, 0) is 46.1 Å². The molecule has 0 aliphatic heterocycles. The van der Waals surface area contributed by atoms with E-state index < -0.39 is 12.1 Å². The molecule has 0 amide bonds. The number of aliphatic hydroxyl groups is 1. The Morgan fingerprint density at radius 2 is 2.00 bits per heavy atom. The van der Waals surface area contributed by atoms with E-state index in [2.05, 4.69) is 15.9 Å². The first-order valence-corrected chi connectivity index (χ1v) is 7.57. The number of halogens is 1. The maximum Gasteiger partial charge on any atom is 0.337 e. The van der Waals surface area contributed by atoms with Gasteiger partial charge < -0.3 is 10.2 Å². The number of aliphatic carboxylic acids is 1. The second-order valence-corrected chi connectivity index (χ2v) is 5.50. The first-order chi connectivity index (χ1) is 7.51. The van der Waals surface area contributed by atoms with Crippen LogP contribution in [0.1, 0.15) is 11.7 Å². The third kappa shape index (κ3) is 2.94. The van der Waals surface area contributed by atoms with E-state index in [1.165, 1.54) is 11.8 Å². The van der Waals surface area contributed by atoms with Gasteiger partial charge in [-0.2, -0.15) is 0 Å². The van der Waals surface area contributed by atoms with Crippen molar-refractivity contribution in [2.24, 2.45) is 0 Å². The number of aliphatic hydroxyl groups excluding tert-OH is 1. The monoisotopic (exact) mass is 322 g/mol. The average Bonchev–Trinajstić information content (AvgIpc) is 2.26. The molecular weight excluding hydrogens is 312 g/mol. The van der Waals surface area contributed by atoms with Crippen LogP contribution >= 0.6 is 39.5 Å². The van der Waals surface area contributed by atoms with Gasteiger partial charge in [-0.3, -0.25) is 0 Å². The normalized spacial score (nSPS) is 12.5. The Balaban J connectivity index is 3.25. The summed E-state index contributed by atoms with van der Waals surface area (Å²) in [6, 6.07) is 3.35. The Morgan fingerprint density at radius 1 is 1.38 bits per heavy atom. The molecule has 1 unspecified atom stereocenters. The highest BCUT2D eigenvalue weighted by Crippen LogP contribution is 2.37. The zero-order chi connectivity index (χ0) is 12.3. The van der Waals surface area contributed by atoms with Crippen LogP contribution in [-0.2, 0) is 4.79 Å². The van der Waals surface area contributed by atoms with E-state index in [9.17, 15) is 9.90 Å². The molecule has 0 aromatic heterocycles. The first kappa shape index (κ1) is 13.9. The minimum absolute atomic E-state index is 0.390. The van der Waals surface area contributed by atoms with Crippen molar-refractivity contribution in [3.8, 4) is 0 Å². The molecule has 3 nitrogen and oxygen atoms in total. The van der Waals surface area contributed by atoms with Gasteiger partial charge in [0, 0.05) is 14.3 Å². The van der Waals surface area contributed by atoms with Gasteiger partial charge in [-0.25, -0.2) is 4.79 Å². The molecule has 0 saturated carbocycles. The van der Waals surface area contributed by atoms with Gasteiger partial charge >= 0.3 is 5.97 Å². The van der Waals surface area contributed by atoms with Gasteiger partial charge in [0.15, 0.2) is 6.10 Å². The summed E-state index contributed by atoms with van der Waals surface area (Å²) in [7, 11) is 0. The Labute approximate surface area is 111 Å². The molecule has 0 spiro atoms. The van der Waals surface area contributed by atoms with Crippen LogP contribution in [0.5, 0.6) is 0 Å². The van der Waals surface area contributed by atoms with Gasteiger partial charge in [0.2, 0.25) is 0 Å². The molecule has 0 radical (unpaired) electrons. The van der Waals surface area contributed by atoms with Gasteiger partial charge in [0.1, 0.15) is 0 Å². The summed E-state index contributed by atoms with van der Waals surface area (Å²) in [5, 5.41) is 18.2. The van der Waals surface area contributed by atoms with Crippen molar-refractivity contribution in [1.29, 1.82) is 0 Å². The van der Waals surface area contributed by atoms with E-state index >= 15 is 0 Å². The summed E-state index contributed by atoms with van der Waals surface area (Å²) < 4.78 is 0.808. The van der Waals surface area contributed by atoms with Crippen molar-refractivity contribution in [3.63, 3.8) is 0 Å². The van der Waals surface area contributed by atoms with Crippen LogP contribution < -0.4 is 0 Å². The lowest BCUT2D eigenvalue weighted by atomic mass is 10.1. The van der Waals surface area contributed by atoms with E-state index in [1.807, 2.05) is 12.5 Å². The largest absolute Gasteiger partial charge is 0.479 e. The Kier molecular flexibility index (Phi) is 5.17. The number of rotatable bonds is 4. The molecule has 88 valence electrons. The van der Waals surface area contributed by atoms with Crippen molar-refractivity contribution in [2.75, 3.05) is 12.5 Å². The van der Waals surface area contributed by atoms with E-state index in [4.69, 9.17) is 5.11 Å². The lowest BCUT2D eigenvalue weighted by molar-refractivity contribution is -0.146. The van der Waals surface area contributed by atoms with Crippen molar-refractivity contribution >= 4 is 45.4 Å². The second kappa shape index (κ2) is 5.95. The van der Waals surface area contributed by atoms with Crippen LogP contribution in [0.2, 0.25) is 0 Å². The number of benzene rings is 1. The minimum Gasteiger partial charge on any atom is -0.479 e. The maximum absolute atomic E-state index is 10.7. The number of thioether (sulfide) groups is 2. The van der Waals surface area contributed by atoms with Crippen LogP contribution in [-0.4, -0.2) is 28.7 Å². The Morgan fingerprint density at radius 3 is 2.44 bits per heavy atom. The standard InChI is InChI=1S/C10H11BrO3S2/c1-15-7-4-5(8(12)10(13)14)3-6(11)9(7)16-2/h3-4,8,12H,1-2H3,(H,13,14). The van der Waals surface area contributed by atoms with E-state index in [0.717, 1.165) is 14.3 Å². The lowest BCUT2D eigenvalue weighted by Crippen LogP contribution is -2.10. The fourth-order valence-corrected chi connectivity index (χ4v) is 3.90. The topological polar surface area (TPSA) is 57.5 Å². The number of carboxylic acid groups (broad SMARTS) is 1. The molecule has 2 N–H and O–H groups in total. The highest BCUT2D eigenvalue weighted by atomic mass is 79.9.